The molecule has 2 saturated heterocycles. The molecule has 5 fully saturated rings. The zero-order valence-corrected chi connectivity index (χ0v) is 19.9. The van der Waals surface area contributed by atoms with E-state index in [1.807, 2.05) is 0 Å². The molecule has 0 aromatic heterocycles. The average molecular weight is 444 g/mol. The second-order valence-corrected chi connectivity index (χ2v) is 11.7. The molecule has 0 spiro atoms. The molecular weight excluding hydrogens is 398 g/mol. The number of nitrogens with two attached hydrogens (primary N) is 1. The third kappa shape index (κ3) is 4.72. The monoisotopic (exact) mass is 443 g/mol. The number of fused-ring (bicyclic) bond motifs is 2. The molecule has 3 saturated carbocycles. The number of carbonyl (C=O) groups is 1. The van der Waals surface area contributed by atoms with E-state index >= 15 is 0 Å². The minimum Gasteiger partial charge on any atom is -0.387 e. The van der Waals surface area contributed by atoms with E-state index in [0.717, 1.165) is 57.2 Å². The minimum absolute atomic E-state index is 0.0302. The maximum absolute atomic E-state index is 13.5. The molecule has 3 aliphatic carbocycles. The van der Waals surface area contributed by atoms with Crippen LogP contribution in [-0.2, 0) is 4.79 Å². The van der Waals surface area contributed by atoms with E-state index in [4.69, 9.17) is 11.1 Å². The van der Waals surface area contributed by atoms with Crippen LogP contribution in [-0.4, -0.2) is 54.4 Å². The largest absolute Gasteiger partial charge is 0.387 e. The Morgan fingerprint density at radius 3 is 2.44 bits per heavy atom. The van der Waals surface area contributed by atoms with Crippen LogP contribution < -0.4 is 16.4 Å². The van der Waals surface area contributed by atoms with Crippen molar-refractivity contribution < 1.29 is 4.79 Å². The number of likely N-dealkylation sites (tertiary alicyclic amines) is 1. The van der Waals surface area contributed by atoms with E-state index in [9.17, 15) is 4.79 Å². The van der Waals surface area contributed by atoms with Gasteiger partial charge >= 0.3 is 0 Å². The van der Waals surface area contributed by atoms with Crippen LogP contribution in [0.5, 0.6) is 0 Å². The number of carbonyl (C=O) groups excluding carboxylic acids is 1. The van der Waals surface area contributed by atoms with Crippen LogP contribution in [0.3, 0.4) is 0 Å². The lowest BCUT2D eigenvalue weighted by Gasteiger charge is -2.47. The van der Waals surface area contributed by atoms with E-state index in [1.165, 1.54) is 57.8 Å². The van der Waals surface area contributed by atoms with Crippen molar-refractivity contribution in [3.05, 3.63) is 0 Å². The summed E-state index contributed by atoms with van der Waals surface area (Å²) in [6.45, 7) is 3.00. The fourth-order valence-corrected chi connectivity index (χ4v) is 8.11. The van der Waals surface area contributed by atoms with Crippen molar-refractivity contribution in [3.8, 4) is 0 Å². The Balaban J connectivity index is 1.30. The topological polar surface area (TPSA) is 94.2 Å². The number of nitrogens with one attached hydrogen (secondary N) is 3. The van der Waals surface area contributed by atoms with Crippen molar-refractivity contribution in [2.45, 2.75) is 102 Å². The van der Waals surface area contributed by atoms with Crippen molar-refractivity contribution in [2.24, 2.45) is 35.3 Å². The highest BCUT2D eigenvalue weighted by molar-refractivity contribution is 5.82. The molecule has 0 aromatic rings. The lowest BCUT2D eigenvalue weighted by atomic mass is 9.68. The van der Waals surface area contributed by atoms with Crippen LogP contribution in [0.15, 0.2) is 0 Å². The quantitative estimate of drug-likeness (QED) is 0.387. The lowest BCUT2D eigenvalue weighted by molar-refractivity contribution is -0.128. The molecule has 7 atom stereocenters. The summed E-state index contributed by atoms with van der Waals surface area (Å²) in [5, 5.41) is 14.9. The highest BCUT2D eigenvalue weighted by Crippen LogP contribution is 2.48. The number of piperidine rings is 1. The summed E-state index contributed by atoms with van der Waals surface area (Å²) < 4.78 is 0. The van der Waals surface area contributed by atoms with Gasteiger partial charge in [0, 0.05) is 24.5 Å². The summed E-state index contributed by atoms with van der Waals surface area (Å²) in [5.41, 5.74) is 5.97. The number of hydrogen-bond donors (Lipinski definition) is 4. The van der Waals surface area contributed by atoms with Crippen LogP contribution >= 0.6 is 0 Å². The van der Waals surface area contributed by atoms with E-state index in [0.29, 0.717) is 29.8 Å². The first-order valence-corrected chi connectivity index (χ1v) is 13.7. The van der Waals surface area contributed by atoms with Crippen molar-refractivity contribution in [1.29, 1.82) is 5.41 Å². The number of nitrogens with zero attached hydrogens (tertiary/aromatic N) is 1. The van der Waals surface area contributed by atoms with Crippen LogP contribution in [0.4, 0.5) is 0 Å². The summed E-state index contributed by atoms with van der Waals surface area (Å²) in [7, 11) is 0. The lowest BCUT2D eigenvalue weighted by Crippen LogP contribution is -2.54. The highest BCUT2D eigenvalue weighted by Gasteiger charge is 2.51. The molecule has 6 heteroatoms. The predicted octanol–water partition coefficient (Wildman–Crippen LogP) is 3.26. The van der Waals surface area contributed by atoms with E-state index in [2.05, 4.69) is 15.5 Å². The molecule has 0 radical (unpaired) electrons. The van der Waals surface area contributed by atoms with Crippen molar-refractivity contribution in [1.82, 2.24) is 15.5 Å². The van der Waals surface area contributed by atoms with Gasteiger partial charge in [-0.2, -0.15) is 0 Å². The Morgan fingerprint density at radius 2 is 1.66 bits per heavy atom. The third-order valence-corrected chi connectivity index (χ3v) is 9.92. The second kappa shape index (κ2) is 10.0. The molecule has 6 nitrogen and oxygen atoms in total. The Bertz CT molecular complexity index is 677. The van der Waals surface area contributed by atoms with Gasteiger partial charge in [0.05, 0.1) is 11.9 Å². The van der Waals surface area contributed by atoms with E-state index < -0.39 is 0 Å². The first-order valence-electron chi connectivity index (χ1n) is 13.7. The first kappa shape index (κ1) is 22.6. The Labute approximate surface area is 194 Å². The molecule has 5 rings (SSSR count). The zero-order valence-electron chi connectivity index (χ0n) is 19.9. The number of rotatable bonds is 5. The molecule has 1 amide bonds. The van der Waals surface area contributed by atoms with Crippen LogP contribution in [0.25, 0.3) is 0 Å². The third-order valence-electron chi connectivity index (χ3n) is 9.92. The number of hydrogen-bond acceptors (Lipinski definition) is 4. The van der Waals surface area contributed by atoms with Gasteiger partial charge in [-0.3, -0.25) is 15.1 Å². The van der Waals surface area contributed by atoms with Gasteiger partial charge in [-0.05, 0) is 94.5 Å². The Hall–Kier alpha value is -1.14. The maximum atomic E-state index is 13.5. The average Bonchev–Trinajstić information content (AvgIpc) is 3.21. The second-order valence-electron chi connectivity index (χ2n) is 11.7. The molecule has 2 aliphatic heterocycles. The molecule has 2 heterocycles. The SMILES string of the molecule is N=C(N)C1CCC2CC(C(=O)NCC3CCNCC3)N(C3CCC4CCCCC4C3)C2C1. The highest BCUT2D eigenvalue weighted by atomic mass is 16.2. The smallest absolute Gasteiger partial charge is 0.237 e. The molecule has 180 valence electrons. The Kier molecular flexibility index (Phi) is 7.08. The van der Waals surface area contributed by atoms with Gasteiger partial charge in [0.1, 0.15) is 0 Å². The molecule has 5 aliphatic rings. The zero-order chi connectivity index (χ0) is 22.1. The Morgan fingerprint density at radius 1 is 0.906 bits per heavy atom. The van der Waals surface area contributed by atoms with Crippen LogP contribution in [0.1, 0.15) is 83.5 Å². The summed E-state index contributed by atoms with van der Waals surface area (Å²) in [6, 6.07) is 1.02. The molecule has 32 heavy (non-hydrogen) atoms. The van der Waals surface area contributed by atoms with E-state index in [-0.39, 0.29) is 17.9 Å². The standard InChI is InChI=1S/C26H45N5O/c27-25(28)21-6-5-20-14-24(26(32)30-16-17-9-11-29-12-10-17)31(23(20)15-21)22-8-7-18-3-1-2-4-19(18)13-22/h17-24,29H,1-16H2,(H3,27,28)(H,30,32). The van der Waals surface area contributed by atoms with Crippen molar-refractivity contribution >= 4 is 11.7 Å². The number of amidine groups is 1. The normalized spacial score (nSPS) is 40.9. The fraction of sp³-hybridized carbons (Fsp3) is 0.923. The van der Waals surface area contributed by atoms with Crippen molar-refractivity contribution in [2.75, 3.05) is 19.6 Å². The first-order chi connectivity index (χ1) is 15.6. The van der Waals surface area contributed by atoms with Gasteiger partial charge in [-0.15, -0.1) is 0 Å². The molecule has 5 N–H and O–H groups in total. The van der Waals surface area contributed by atoms with Gasteiger partial charge in [0.2, 0.25) is 5.91 Å². The fourth-order valence-electron chi connectivity index (χ4n) is 8.11. The predicted molar refractivity (Wildman–Crippen MR) is 128 cm³/mol. The maximum Gasteiger partial charge on any atom is 0.237 e. The van der Waals surface area contributed by atoms with Gasteiger partial charge in [0.15, 0.2) is 0 Å². The van der Waals surface area contributed by atoms with Crippen LogP contribution in [0, 0.1) is 35.0 Å². The van der Waals surface area contributed by atoms with Gasteiger partial charge in [-0.1, -0.05) is 25.7 Å². The van der Waals surface area contributed by atoms with Crippen molar-refractivity contribution in [3.63, 3.8) is 0 Å². The summed E-state index contributed by atoms with van der Waals surface area (Å²) >= 11 is 0. The molecule has 0 bridgehead atoms. The molecular formula is C26H45N5O. The van der Waals surface area contributed by atoms with Crippen LogP contribution in [0.2, 0.25) is 0 Å². The summed E-state index contributed by atoms with van der Waals surface area (Å²) in [5.74, 6) is 3.87. The van der Waals surface area contributed by atoms with E-state index in [1.54, 1.807) is 0 Å². The minimum atomic E-state index is 0.0302. The number of amides is 1. The molecule has 7 unspecified atom stereocenters. The van der Waals surface area contributed by atoms with Gasteiger partial charge in [0.25, 0.3) is 0 Å². The summed E-state index contributed by atoms with van der Waals surface area (Å²) in [6.07, 6.45) is 16.0. The molecule has 0 aromatic carbocycles. The van der Waals surface area contributed by atoms with Gasteiger partial charge < -0.3 is 16.4 Å². The van der Waals surface area contributed by atoms with Gasteiger partial charge in [-0.25, -0.2) is 0 Å². The summed E-state index contributed by atoms with van der Waals surface area (Å²) in [4.78, 5) is 16.2.